The van der Waals surface area contributed by atoms with Gasteiger partial charge < -0.3 is 30.1 Å². The predicted molar refractivity (Wildman–Crippen MR) is 66.7 cm³/mol. The highest BCUT2D eigenvalue weighted by atomic mass is 16.5. The fourth-order valence-electron chi connectivity index (χ4n) is 1.41. The number of hydrogen-bond donors (Lipinski definition) is 5. The summed E-state index contributed by atoms with van der Waals surface area (Å²) in [4.78, 5) is 10.8. The molecule has 0 aliphatic rings. The molecule has 0 aromatic carbocycles. The lowest BCUT2D eigenvalue weighted by Crippen LogP contribution is -2.34. The Morgan fingerprint density at radius 2 is 2.16 bits per heavy atom. The van der Waals surface area contributed by atoms with Gasteiger partial charge in [-0.25, -0.2) is 4.98 Å². The van der Waals surface area contributed by atoms with Crippen LogP contribution in [0.25, 0.3) is 0 Å². The van der Waals surface area contributed by atoms with E-state index in [4.69, 9.17) is 9.84 Å². The summed E-state index contributed by atoms with van der Waals surface area (Å²) in [6.07, 6.45) is -2.97. The van der Waals surface area contributed by atoms with Gasteiger partial charge in [0.2, 0.25) is 0 Å². The number of H-pyrrole nitrogens is 1. The molecular weight excluding hydrogens is 254 g/mol. The van der Waals surface area contributed by atoms with Crippen LogP contribution in [0.3, 0.4) is 0 Å². The molecule has 3 atom stereocenters. The molecule has 0 bridgehead atoms. The Bertz CT molecular complexity index is 420. The molecule has 19 heavy (non-hydrogen) atoms. The molecule has 1 aromatic rings. The van der Waals surface area contributed by atoms with E-state index in [0.29, 0.717) is 11.5 Å². The number of aliphatic imine (C=N–C) groups is 1. The zero-order chi connectivity index (χ0) is 14.4. The maximum atomic E-state index is 9.80. The zero-order valence-corrected chi connectivity index (χ0v) is 10.8. The number of hydrogen-bond acceptors (Lipinski definition) is 7. The summed E-state index contributed by atoms with van der Waals surface area (Å²) in [7, 11) is 1.51. The van der Waals surface area contributed by atoms with E-state index in [-0.39, 0.29) is 12.4 Å². The Kier molecular flexibility index (Phi) is 6.06. The molecule has 1 rings (SSSR count). The zero-order valence-electron chi connectivity index (χ0n) is 10.8. The molecule has 0 aliphatic heterocycles. The third-order valence-corrected chi connectivity index (χ3v) is 2.59. The lowest BCUT2D eigenvalue weighted by Gasteiger charge is -2.20. The van der Waals surface area contributed by atoms with Crippen LogP contribution in [0.4, 0.5) is 0 Å². The van der Waals surface area contributed by atoms with E-state index in [1.165, 1.54) is 13.3 Å². The second kappa shape index (κ2) is 7.31. The summed E-state index contributed by atoms with van der Waals surface area (Å²) in [6, 6.07) is 0. The van der Waals surface area contributed by atoms with Crippen LogP contribution in [-0.4, -0.2) is 68.8 Å². The molecule has 8 heteroatoms. The van der Waals surface area contributed by atoms with E-state index in [0.717, 1.165) is 0 Å². The second-order valence-corrected chi connectivity index (χ2v) is 4.03. The molecular formula is C11H19N3O5. The Morgan fingerprint density at radius 3 is 2.74 bits per heavy atom. The van der Waals surface area contributed by atoms with Gasteiger partial charge in [-0.3, -0.25) is 4.99 Å². The van der Waals surface area contributed by atoms with Crippen molar-refractivity contribution in [1.82, 2.24) is 9.97 Å². The predicted octanol–water partition coefficient (Wildman–Crippen LogP) is -1.43. The van der Waals surface area contributed by atoms with Crippen LogP contribution in [0, 0.1) is 0 Å². The van der Waals surface area contributed by atoms with Gasteiger partial charge in [-0.2, -0.15) is 0 Å². The van der Waals surface area contributed by atoms with E-state index in [9.17, 15) is 15.3 Å². The largest absolute Gasteiger partial charge is 0.394 e. The van der Waals surface area contributed by atoms with Gasteiger partial charge in [0.05, 0.1) is 24.2 Å². The van der Waals surface area contributed by atoms with Gasteiger partial charge in [-0.15, -0.1) is 0 Å². The minimum atomic E-state index is -1.51. The fourth-order valence-corrected chi connectivity index (χ4v) is 1.41. The maximum Gasteiger partial charge on any atom is 0.151 e. The molecule has 0 radical (unpaired) electrons. The minimum absolute atomic E-state index is 0.191. The Morgan fingerprint density at radius 1 is 1.47 bits per heavy atom. The van der Waals surface area contributed by atoms with Crippen molar-refractivity contribution in [3.63, 3.8) is 0 Å². The van der Waals surface area contributed by atoms with E-state index in [1.807, 2.05) is 0 Å². The van der Waals surface area contributed by atoms with Crippen molar-refractivity contribution >= 4 is 5.71 Å². The number of aromatic nitrogens is 2. The van der Waals surface area contributed by atoms with Crippen molar-refractivity contribution in [2.45, 2.75) is 25.2 Å². The summed E-state index contributed by atoms with van der Waals surface area (Å²) in [5.74, 6) is 0.428. The number of aromatic amines is 1. The third kappa shape index (κ3) is 4.08. The normalized spacial score (nSPS) is 17.3. The van der Waals surface area contributed by atoms with E-state index in [1.54, 1.807) is 6.92 Å². The molecule has 1 aromatic heterocycles. The van der Waals surface area contributed by atoms with Crippen LogP contribution < -0.4 is 0 Å². The van der Waals surface area contributed by atoms with Crippen molar-refractivity contribution in [3.8, 4) is 0 Å². The summed E-state index contributed by atoms with van der Waals surface area (Å²) < 4.78 is 4.79. The number of aliphatic hydroxyl groups is 4. The van der Waals surface area contributed by atoms with Crippen molar-refractivity contribution in [3.05, 3.63) is 17.7 Å². The first-order valence-electron chi connectivity index (χ1n) is 5.71. The summed E-state index contributed by atoms with van der Waals surface area (Å²) >= 11 is 0. The third-order valence-electron chi connectivity index (χ3n) is 2.59. The number of aliphatic hydroxyl groups excluding tert-OH is 4. The van der Waals surface area contributed by atoms with Crippen molar-refractivity contribution < 1.29 is 25.2 Å². The lowest BCUT2D eigenvalue weighted by atomic mass is 10.1. The van der Waals surface area contributed by atoms with E-state index in [2.05, 4.69) is 15.0 Å². The first-order chi connectivity index (χ1) is 9.01. The van der Waals surface area contributed by atoms with E-state index >= 15 is 0 Å². The number of imidazole rings is 1. The van der Waals surface area contributed by atoms with Crippen molar-refractivity contribution in [2.24, 2.45) is 4.99 Å². The van der Waals surface area contributed by atoms with Crippen LogP contribution in [-0.2, 0) is 4.74 Å². The average Bonchev–Trinajstić information content (AvgIpc) is 2.91. The maximum absolute atomic E-state index is 9.80. The van der Waals surface area contributed by atoms with Gasteiger partial charge >= 0.3 is 0 Å². The molecule has 0 saturated heterocycles. The Balaban J connectivity index is 2.79. The highest BCUT2D eigenvalue weighted by molar-refractivity contribution is 5.95. The molecule has 0 saturated carbocycles. The topological polar surface area (TPSA) is 131 Å². The standard InChI is InChI=1S/C11H19N3O5/c1-6(13-5-19-2)11-12-3-7(14-11)9(17)10(18)8(16)4-15/h3,8-10,15-18H,4-5H2,1-2H3,(H,12,14)/t8-,9-,10-/m1/s1. The summed E-state index contributed by atoms with van der Waals surface area (Å²) in [6.45, 7) is 1.26. The number of nitrogens with zero attached hydrogens (tertiary/aromatic N) is 2. The molecule has 0 amide bonds. The first kappa shape index (κ1) is 15.7. The molecule has 0 fully saturated rings. The number of rotatable bonds is 7. The Hall–Kier alpha value is -1.32. The lowest BCUT2D eigenvalue weighted by molar-refractivity contribution is -0.0788. The van der Waals surface area contributed by atoms with Crippen LogP contribution in [0.2, 0.25) is 0 Å². The monoisotopic (exact) mass is 273 g/mol. The van der Waals surface area contributed by atoms with Crippen LogP contribution in [0.15, 0.2) is 11.2 Å². The van der Waals surface area contributed by atoms with Gasteiger partial charge in [-0.1, -0.05) is 0 Å². The molecule has 8 nitrogen and oxygen atoms in total. The van der Waals surface area contributed by atoms with Crippen LogP contribution >= 0.6 is 0 Å². The van der Waals surface area contributed by atoms with Crippen LogP contribution in [0.1, 0.15) is 24.5 Å². The van der Waals surface area contributed by atoms with Gasteiger partial charge in [0.15, 0.2) is 5.82 Å². The highest BCUT2D eigenvalue weighted by Gasteiger charge is 2.27. The van der Waals surface area contributed by atoms with Crippen molar-refractivity contribution in [1.29, 1.82) is 0 Å². The first-order valence-corrected chi connectivity index (χ1v) is 5.71. The fraction of sp³-hybridized carbons (Fsp3) is 0.636. The SMILES string of the molecule is COCN=C(C)c1ncc([C@@H](O)[C@H](O)[C@H](O)CO)[nH]1. The Labute approximate surface area is 110 Å². The molecule has 1 heterocycles. The van der Waals surface area contributed by atoms with Crippen molar-refractivity contribution in [2.75, 3.05) is 20.4 Å². The summed E-state index contributed by atoms with van der Waals surface area (Å²) in [5, 5.41) is 37.3. The van der Waals surface area contributed by atoms with Crippen LogP contribution in [0.5, 0.6) is 0 Å². The number of nitrogens with one attached hydrogen (secondary N) is 1. The van der Waals surface area contributed by atoms with Gasteiger partial charge in [0.1, 0.15) is 25.0 Å². The smallest absolute Gasteiger partial charge is 0.151 e. The van der Waals surface area contributed by atoms with Gasteiger partial charge in [0.25, 0.3) is 0 Å². The molecule has 5 N–H and O–H groups in total. The average molecular weight is 273 g/mol. The highest BCUT2D eigenvalue weighted by Crippen LogP contribution is 2.17. The number of ether oxygens (including phenoxy) is 1. The number of methoxy groups -OCH3 is 1. The molecule has 0 spiro atoms. The van der Waals surface area contributed by atoms with Gasteiger partial charge in [-0.05, 0) is 6.92 Å². The molecule has 108 valence electrons. The second-order valence-electron chi connectivity index (χ2n) is 4.03. The quantitative estimate of drug-likeness (QED) is 0.387. The van der Waals surface area contributed by atoms with Gasteiger partial charge in [0, 0.05) is 7.11 Å². The molecule has 0 unspecified atom stereocenters. The minimum Gasteiger partial charge on any atom is -0.394 e. The molecule has 0 aliphatic carbocycles. The van der Waals surface area contributed by atoms with E-state index < -0.39 is 24.9 Å². The summed E-state index contributed by atoms with van der Waals surface area (Å²) in [5.41, 5.74) is 0.805.